The molecule has 0 aliphatic heterocycles. The number of rotatable bonds is 5. The number of carboxylic acid groups (broad SMARTS) is 1. The van der Waals surface area contributed by atoms with Crippen LogP contribution in [-0.4, -0.2) is 46.1 Å². The number of hydrogen-bond donors (Lipinski definition) is 4. The van der Waals surface area contributed by atoms with Crippen LogP contribution in [0.15, 0.2) is 30.3 Å². The van der Waals surface area contributed by atoms with Gasteiger partial charge < -0.3 is 25.4 Å². The van der Waals surface area contributed by atoms with Crippen molar-refractivity contribution in [1.29, 1.82) is 0 Å². The molecule has 7 heteroatoms. The molecule has 1 aliphatic rings. The van der Waals surface area contributed by atoms with E-state index in [2.05, 4.69) is 5.32 Å². The summed E-state index contributed by atoms with van der Waals surface area (Å²) in [5.41, 5.74) is 0.849. The Balaban J connectivity index is 1.81. The first-order valence-electron chi connectivity index (χ1n) is 7.51. The summed E-state index contributed by atoms with van der Waals surface area (Å²) in [5, 5.41) is 31.0. The lowest BCUT2D eigenvalue weighted by Crippen LogP contribution is -2.46. The molecule has 23 heavy (non-hydrogen) atoms. The Morgan fingerprint density at radius 2 is 1.78 bits per heavy atom. The Bertz CT molecular complexity index is 535. The third-order valence-electron chi connectivity index (χ3n) is 4.09. The summed E-state index contributed by atoms with van der Waals surface area (Å²) in [5.74, 6) is -2.29. The van der Waals surface area contributed by atoms with Crippen molar-refractivity contribution in [1.82, 2.24) is 5.32 Å². The van der Waals surface area contributed by atoms with Gasteiger partial charge in [0.1, 0.15) is 6.61 Å². The van der Waals surface area contributed by atoms with Crippen molar-refractivity contribution in [2.75, 3.05) is 6.54 Å². The highest BCUT2D eigenvalue weighted by atomic mass is 16.5. The molecule has 4 atom stereocenters. The van der Waals surface area contributed by atoms with Crippen molar-refractivity contribution >= 4 is 12.1 Å². The van der Waals surface area contributed by atoms with Crippen molar-refractivity contribution < 1.29 is 29.6 Å². The number of benzene rings is 1. The molecule has 7 nitrogen and oxygen atoms in total. The third kappa shape index (κ3) is 4.94. The highest BCUT2D eigenvalue weighted by molar-refractivity contribution is 5.71. The molecule has 126 valence electrons. The number of carbonyl (C=O) groups excluding carboxylic acids is 1. The zero-order valence-corrected chi connectivity index (χ0v) is 12.6. The summed E-state index contributed by atoms with van der Waals surface area (Å²) < 4.78 is 5.05. The van der Waals surface area contributed by atoms with Gasteiger partial charge in [-0.25, -0.2) is 4.79 Å². The number of amides is 1. The smallest absolute Gasteiger partial charge is 0.407 e. The molecular formula is C16H21NO6. The summed E-state index contributed by atoms with van der Waals surface area (Å²) in [6.45, 7) is 0.204. The van der Waals surface area contributed by atoms with E-state index in [1.807, 2.05) is 30.3 Å². The van der Waals surface area contributed by atoms with Crippen LogP contribution < -0.4 is 5.32 Å². The first-order chi connectivity index (χ1) is 11.0. The van der Waals surface area contributed by atoms with E-state index in [1.165, 1.54) is 0 Å². The normalized spacial score (nSPS) is 27.2. The average molecular weight is 323 g/mol. The fraction of sp³-hybridized carbons (Fsp3) is 0.500. The minimum Gasteiger partial charge on any atom is -0.481 e. The zero-order valence-electron chi connectivity index (χ0n) is 12.6. The molecule has 4 N–H and O–H groups in total. The van der Waals surface area contributed by atoms with E-state index in [-0.39, 0.29) is 26.0 Å². The third-order valence-corrected chi connectivity index (χ3v) is 4.09. The van der Waals surface area contributed by atoms with E-state index in [9.17, 15) is 24.9 Å². The molecule has 1 fully saturated rings. The van der Waals surface area contributed by atoms with Gasteiger partial charge in [-0.15, -0.1) is 0 Å². The van der Waals surface area contributed by atoms with Crippen LogP contribution in [-0.2, 0) is 16.1 Å². The average Bonchev–Trinajstić information content (AvgIpc) is 2.54. The van der Waals surface area contributed by atoms with Crippen molar-refractivity contribution in [3.63, 3.8) is 0 Å². The summed E-state index contributed by atoms with van der Waals surface area (Å²) in [6, 6.07) is 9.18. The van der Waals surface area contributed by atoms with Crippen LogP contribution in [0.2, 0.25) is 0 Å². The molecule has 1 aromatic rings. The second-order valence-electron chi connectivity index (χ2n) is 5.75. The van der Waals surface area contributed by atoms with E-state index in [4.69, 9.17) is 4.74 Å². The lowest BCUT2D eigenvalue weighted by molar-refractivity contribution is -0.150. The quantitative estimate of drug-likeness (QED) is 0.635. The SMILES string of the molecule is O=C(NC[C@@H]1C[C@@H](O)[C@@H](O)C[C@@H]1C(=O)O)OCc1ccccc1. The van der Waals surface area contributed by atoms with E-state index in [0.717, 1.165) is 5.56 Å². The van der Waals surface area contributed by atoms with Crippen LogP contribution in [0.5, 0.6) is 0 Å². The topological polar surface area (TPSA) is 116 Å². The van der Waals surface area contributed by atoms with Gasteiger partial charge in [-0.1, -0.05) is 30.3 Å². The molecule has 1 aliphatic carbocycles. The van der Waals surface area contributed by atoms with Gasteiger partial charge in [0.2, 0.25) is 0 Å². The number of ether oxygens (including phenoxy) is 1. The maximum absolute atomic E-state index is 11.7. The van der Waals surface area contributed by atoms with Crippen LogP contribution in [0, 0.1) is 11.8 Å². The molecule has 0 radical (unpaired) electrons. The molecule has 0 unspecified atom stereocenters. The van der Waals surface area contributed by atoms with Gasteiger partial charge in [-0.05, 0) is 24.3 Å². The lowest BCUT2D eigenvalue weighted by atomic mass is 9.76. The Hall–Kier alpha value is -2.12. The van der Waals surface area contributed by atoms with E-state index in [1.54, 1.807) is 0 Å². The van der Waals surface area contributed by atoms with E-state index >= 15 is 0 Å². The molecule has 0 bridgehead atoms. The molecule has 2 rings (SSSR count). The predicted octanol–water partition coefficient (Wildman–Crippen LogP) is 0.745. The van der Waals surface area contributed by atoms with Gasteiger partial charge >= 0.3 is 12.1 Å². The van der Waals surface area contributed by atoms with Crippen LogP contribution in [0.3, 0.4) is 0 Å². The zero-order chi connectivity index (χ0) is 16.8. The number of hydrogen-bond acceptors (Lipinski definition) is 5. The Kier molecular flexibility index (Phi) is 5.95. The van der Waals surface area contributed by atoms with Crippen molar-refractivity contribution in [2.24, 2.45) is 11.8 Å². The summed E-state index contributed by atoms with van der Waals surface area (Å²) in [4.78, 5) is 22.9. The predicted molar refractivity (Wildman–Crippen MR) is 80.5 cm³/mol. The number of carboxylic acids is 1. The summed E-state index contributed by atoms with van der Waals surface area (Å²) in [7, 11) is 0. The number of aliphatic hydroxyl groups excluding tert-OH is 2. The summed E-state index contributed by atoms with van der Waals surface area (Å²) in [6.07, 6.45) is -2.56. The molecule has 0 saturated heterocycles. The molecule has 1 amide bonds. The number of aliphatic carboxylic acids is 1. The molecule has 1 aromatic carbocycles. The number of alkyl carbamates (subject to hydrolysis) is 1. The van der Waals surface area contributed by atoms with Gasteiger partial charge in [0.25, 0.3) is 0 Å². The van der Waals surface area contributed by atoms with E-state index < -0.39 is 36.1 Å². The largest absolute Gasteiger partial charge is 0.481 e. The Morgan fingerprint density at radius 3 is 2.43 bits per heavy atom. The Labute approximate surface area is 133 Å². The van der Waals surface area contributed by atoms with Crippen LogP contribution in [0.4, 0.5) is 4.79 Å². The maximum Gasteiger partial charge on any atom is 0.407 e. The Morgan fingerprint density at radius 1 is 1.13 bits per heavy atom. The monoisotopic (exact) mass is 323 g/mol. The first kappa shape index (κ1) is 17.2. The highest BCUT2D eigenvalue weighted by Crippen LogP contribution is 2.30. The molecular weight excluding hydrogens is 302 g/mol. The fourth-order valence-corrected chi connectivity index (χ4v) is 2.76. The molecule has 0 aromatic heterocycles. The highest BCUT2D eigenvalue weighted by Gasteiger charge is 2.39. The second-order valence-corrected chi connectivity index (χ2v) is 5.75. The second kappa shape index (κ2) is 7.94. The molecule has 0 spiro atoms. The summed E-state index contributed by atoms with van der Waals surface area (Å²) >= 11 is 0. The van der Waals surface area contributed by atoms with Crippen molar-refractivity contribution in [3.05, 3.63) is 35.9 Å². The fourth-order valence-electron chi connectivity index (χ4n) is 2.76. The van der Waals surface area contributed by atoms with Gasteiger partial charge in [0, 0.05) is 6.54 Å². The molecule has 0 heterocycles. The van der Waals surface area contributed by atoms with Gasteiger partial charge in [0.15, 0.2) is 0 Å². The number of aliphatic hydroxyl groups is 2. The first-order valence-corrected chi connectivity index (χ1v) is 7.51. The van der Waals surface area contributed by atoms with Gasteiger partial charge in [-0.2, -0.15) is 0 Å². The maximum atomic E-state index is 11.7. The van der Waals surface area contributed by atoms with Crippen LogP contribution in [0.25, 0.3) is 0 Å². The van der Waals surface area contributed by atoms with Crippen molar-refractivity contribution in [2.45, 2.75) is 31.7 Å². The van der Waals surface area contributed by atoms with Gasteiger partial charge in [-0.3, -0.25) is 4.79 Å². The van der Waals surface area contributed by atoms with Crippen LogP contribution >= 0.6 is 0 Å². The standard InChI is InChI=1S/C16H21NO6/c18-13-6-11(12(15(20)21)7-14(13)19)8-17-16(22)23-9-10-4-2-1-3-5-10/h1-5,11-14,18-19H,6-9H2,(H,17,22)(H,20,21)/t11-,12-,13+,14-/m0/s1. The van der Waals surface area contributed by atoms with Crippen LogP contribution in [0.1, 0.15) is 18.4 Å². The minimum absolute atomic E-state index is 0.0259. The minimum atomic E-state index is -1.04. The number of carbonyl (C=O) groups is 2. The van der Waals surface area contributed by atoms with E-state index in [0.29, 0.717) is 0 Å². The lowest BCUT2D eigenvalue weighted by Gasteiger charge is -2.34. The number of nitrogens with one attached hydrogen (secondary N) is 1. The molecule has 1 saturated carbocycles. The van der Waals surface area contributed by atoms with Gasteiger partial charge in [0.05, 0.1) is 18.1 Å². The van der Waals surface area contributed by atoms with Crippen molar-refractivity contribution in [3.8, 4) is 0 Å².